The number of nitrogens with zero attached hydrogens (tertiary/aromatic N) is 1. The van der Waals surface area contributed by atoms with Crippen LogP contribution in [0.5, 0.6) is 11.5 Å². The lowest BCUT2D eigenvalue weighted by molar-refractivity contribution is -0.120. The first-order valence-electron chi connectivity index (χ1n) is 10.4. The monoisotopic (exact) mass is 486 g/mol. The van der Waals surface area contributed by atoms with E-state index >= 15 is 0 Å². The maximum atomic E-state index is 13.4. The topological polar surface area (TPSA) is 84.9 Å². The molecule has 7 nitrogen and oxygen atoms in total. The molecule has 33 heavy (non-hydrogen) atoms. The summed E-state index contributed by atoms with van der Waals surface area (Å²) < 4.78 is 38.9. The molecule has 0 saturated heterocycles. The van der Waals surface area contributed by atoms with Crippen molar-refractivity contribution in [3.05, 3.63) is 83.4 Å². The number of fused-ring (bicyclic) bond motifs is 1. The third-order valence-corrected chi connectivity index (χ3v) is 7.18. The van der Waals surface area contributed by atoms with Gasteiger partial charge in [0.1, 0.15) is 19.8 Å². The van der Waals surface area contributed by atoms with E-state index in [0.717, 1.165) is 9.87 Å². The lowest BCUT2D eigenvalue weighted by atomic mass is 10.1. The molecule has 4 rings (SSSR count). The lowest BCUT2D eigenvalue weighted by Gasteiger charge is -2.25. The van der Waals surface area contributed by atoms with Crippen LogP contribution in [0.25, 0.3) is 0 Å². The van der Waals surface area contributed by atoms with Crippen LogP contribution in [0.2, 0.25) is 5.02 Å². The smallest absolute Gasteiger partial charge is 0.264 e. The summed E-state index contributed by atoms with van der Waals surface area (Å²) in [5, 5.41) is 3.23. The number of carbonyl (C=O) groups is 1. The Bertz CT molecular complexity index is 1250. The highest BCUT2D eigenvalue weighted by atomic mass is 35.5. The van der Waals surface area contributed by atoms with Crippen molar-refractivity contribution in [3.63, 3.8) is 0 Å². The number of nitrogens with one attached hydrogen (secondary N) is 1. The molecule has 1 N–H and O–H groups in total. The number of ether oxygens (including phenoxy) is 2. The van der Waals surface area contributed by atoms with Gasteiger partial charge in [-0.3, -0.25) is 9.10 Å². The van der Waals surface area contributed by atoms with Gasteiger partial charge in [0.25, 0.3) is 10.0 Å². The third kappa shape index (κ3) is 5.23. The minimum atomic E-state index is -4.00. The van der Waals surface area contributed by atoms with E-state index in [9.17, 15) is 13.2 Å². The van der Waals surface area contributed by atoms with Gasteiger partial charge >= 0.3 is 0 Å². The molecule has 0 aromatic heterocycles. The quantitative estimate of drug-likeness (QED) is 0.541. The highest BCUT2D eigenvalue weighted by Crippen LogP contribution is 2.32. The van der Waals surface area contributed by atoms with Crippen molar-refractivity contribution in [2.75, 3.05) is 24.1 Å². The van der Waals surface area contributed by atoms with Gasteiger partial charge in [0, 0.05) is 5.02 Å². The number of sulfonamides is 1. The number of rotatable bonds is 7. The molecular weight excluding hydrogens is 464 g/mol. The maximum absolute atomic E-state index is 13.4. The first-order chi connectivity index (χ1) is 15.8. The van der Waals surface area contributed by atoms with Crippen molar-refractivity contribution in [2.24, 2.45) is 0 Å². The second-order valence-corrected chi connectivity index (χ2v) is 9.80. The van der Waals surface area contributed by atoms with Crippen LogP contribution in [-0.4, -0.2) is 34.1 Å². The fourth-order valence-corrected chi connectivity index (χ4v) is 5.11. The SMILES string of the molecule is CC(NC(=O)CN(c1cccc(Cl)c1)S(=O)(=O)c1ccccc1)c1ccc2c(c1)OCCO2. The second kappa shape index (κ2) is 9.72. The summed E-state index contributed by atoms with van der Waals surface area (Å²) in [6, 6.07) is 19.4. The summed E-state index contributed by atoms with van der Waals surface area (Å²) in [6.45, 7) is 2.36. The molecule has 1 unspecified atom stereocenters. The summed E-state index contributed by atoms with van der Waals surface area (Å²) in [6.07, 6.45) is 0. The van der Waals surface area contributed by atoms with E-state index in [4.69, 9.17) is 21.1 Å². The molecule has 0 saturated carbocycles. The van der Waals surface area contributed by atoms with Gasteiger partial charge in [-0.1, -0.05) is 41.9 Å². The molecule has 3 aromatic carbocycles. The summed E-state index contributed by atoms with van der Waals surface area (Å²) >= 11 is 6.10. The van der Waals surface area contributed by atoms with Gasteiger partial charge in [0.15, 0.2) is 11.5 Å². The molecule has 1 heterocycles. The maximum Gasteiger partial charge on any atom is 0.264 e. The van der Waals surface area contributed by atoms with Crippen molar-refractivity contribution in [2.45, 2.75) is 17.9 Å². The Hall–Kier alpha value is -3.23. The molecule has 0 spiro atoms. The first kappa shape index (κ1) is 22.9. The van der Waals surface area contributed by atoms with Crippen molar-refractivity contribution in [1.82, 2.24) is 5.32 Å². The van der Waals surface area contributed by atoms with E-state index in [1.807, 2.05) is 19.1 Å². The standard InChI is InChI=1S/C24H23ClN2O5S/c1-17(18-10-11-22-23(14-18)32-13-12-31-22)26-24(28)16-27(20-7-5-6-19(25)15-20)33(29,30)21-8-3-2-4-9-21/h2-11,14-15,17H,12-13,16H2,1H3,(H,26,28). The van der Waals surface area contributed by atoms with Crippen LogP contribution >= 0.6 is 11.6 Å². The zero-order chi connectivity index (χ0) is 23.4. The highest BCUT2D eigenvalue weighted by Gasteiger charge is 2.28. The Morgan fingerprint density at radius 2 is 1.73 bits per heavy atom. The van der Waals surface area contributed by atoms with Crippen molar-refractivity contribution in [1.29, 1.82) is 0 Å². The lowest BCUT2D eigenvalue weighted by Crippen LogP contribution is -2.41. The van der Waals surface area contributed by atoms with Crippen molar-refractivity contribution in [3.8, 4) is 11.5 Å². The Morgan fingerprint density at radius 3 is 2.45 bits per heavy atom. The van der Waals surface area contributed by atoms with Crippen LogP contribution in [0.1, 0.15) is 18.5 Å². The fraction of sp³-hybridized carbons (Fsp3) is 0.208. The number of carbonyl (C=O) groups excluding carboxylic acids is 1. The largest absolute Gasteiger partial charge is 0.486 e. The summed E-state index contributed by atoms with van der Waals surface area (Å²) in [7, 11) is -4.00. The van der Waals surface area contributed by atoms with Gasteiger partial charge in [-0.2, -0.15) is 0 Å². The van der Waals surface area contributed by atoms with Crippen LogP contribution in [0, 0.1) is 0 Å². The molecule has 1 aliphatic rings. The van der Waals surface area contributed by atoms with Gasteiger partial charge in [0.05, 0.1) is 16.6 Å². The third-order valence-electron chi connectivity index (χ3n) is 5.16. The minimum Gasteiger partial charge on any atom is -0.486 e. The molecule has 0 aliphatic carbocycles. The van der Waals surface area contributed by atoms with Crippen LogP contribution in [0.3, 0.4) is 0 Å². The van der Waals surface area contributed by atoms with Gasteiger partial charge in [-0.15, -0.1) is 0 Å². The van der Waals surface area contributed by atoms with Gasteiger partial charge in [-0.05, 0) is 55.0 Å². The van der Waals surface area contributed by atoms with Crippen LogP contribution < -0.4 is 19.1 Å². The number of hydrogen-bond acceptors (Lipinski definition) is 5. The fourth-order valence-electron chi connectivity index (χ4n) is 3.50. The zero-order valence-corrected chi connectivity index (χ0v) is 19.5. The molecule has 1 aliphatic heterocycles. The number of hydrogen-bond donors (Lipinski definition) is 1. The van der Waals surface area contributed by atoms with E-state index < -0.39 is 22.5 Å². The number of benzene rings is 3. The molecule has 172 valence electrons. The average Bonchev–Trinajstić information content (AvgIpc) is 2.82. The van der Waals surface area contributed by atoms with E-state index in [0.29, 0.717) is 35.4 Å². The second-order valence-electron chi connectivity index (χ2n) is 7.50. The minimum absolute atomic E-state index is 0.0812. The van der Waals surface area contributed by atoms with Crippen LogP contribution in [0.4, 0.5) is 5.69 Å². The molecular formula is C24H23ClN2O5S. The molecule has 3 aromatic rings. The predicted molar refractivity (Wildman–Crippen MR) is 126 cm³/mol. The van der Waals surface area contributed by atoms with E-state index in [2.05, 4.69) is 5.32 Å². The number of amides is 1. The molecule has 9 heteroatoms. The number of anilines is 1. The summed E-state index contributed by atoms with van der Waals surface area (Å²) in [4.78, 5) is 13.0. The molecule has 1 amide bonds. The molecule has 1 atom stereocenters. The zero-order valence-electron chi connectivity index (χ0n) is 17.9. The van der Waals surface area contributed by atoms with E-state index in [1.54, 1.807) is 42.5 Å². The first-order valence-corrected chi connectivity index (χ1v) is 12.2. The molecule has 0 radical (unpaired) electrons. The Balaban J connectivity index is 1.56. The normalized spacial score (nSPS) is 13.8. The van der Waals surface area contributed by atoms with Crippen molar-refractivity contribution < 1.29 is 22.7 Å². The average molecular weight is 487 g/mol. The summed E-state index contributed by atoms with van der Waals surface area (Å²) in [5.41, 5.74) is 1.11. The van der Waals surface area contributed by atoms with E-state index in [-0.39, 0.29) is 10.9 Å². The highest BCUT2D eigenvalue weighted by molar-refractivity contribution is 7.92. The van der Waals surface area contributed by atoms with Gasteiger partial charge in [0.2, 0.25) is 5.91 Å². The van der Waals surface area contributed by atoms with Gasteiger partial charge < -0.3 is 14.8 Å². The Morgan fingerprint density at radius 1 is 1.00 bits per heavy atom. The molecule has 0 bridgehead atoms. The summed E-state index contributed by atoms with van der Waals surface area (Å²) in [5.74, 6) is 0.813. The van der Waals surface area contributed by atoms with Crippen LogP contribution in [0.15, 0.2) is 77.7 Å². The van der Waals surface area contributed by atoms with Gasteiger partial charge in [-0.25, -0.2) is 8.42 Å². The number of halogens is 1. The van der Waals surface area contributed by atoms with Crippen molar-refractivity contribution >= 4 is 33.2 Å². The Labute approximate surface area is 197 Å². The Kier molecular flexibility index (Phi) is 6.76. The van der Waals surface area contributed by atoms with E-state index in [1.165, 1.54) is 18.2 Å². The predicted octanol–water partition coefficient (Wildman–Crippen LogP) is 4.18. The van der Waals surface area contributed by atoms with Crippen LogP contribution in [-0.2, 0) is 14.8 Å². The molecule has 0 fully saturated rings.